The van der Waals surface area contributed by atoms with Crippen LogP contribution in [0.4, 0.5) is 0 Å². The lowest BCUT2D eigenvalue weighted by Gasteiger charge is -2.14. The third kappa shape index (κ3) is 2.50. The van der Waals surface area contributed by atoms with Gasteiger partial charge in [-0.15, -0.1) is 0 Å². The fraction of sp³-hybridized carbons (Fsp3) is 0.273. The summed E-state index contributed by atoms with van der Waals surface area (Å²) in [4.78, 5) is 21.3. The topological polar surface area (TPSA) is 72.8 Å². The zero-order valence-electron chi connectivity index (χ0n) is 8.97. The number of carbonyl (C=O) groups is 2. The highest BCUT2D eigenvalue weighted by atomic mass is 16.5. The summed E-state index contributed by atoms with van der Waals surface area (Å²) < 4.78 is 10.2. The van der Waals surface area contributed by atoms with Crippen molar-refractivity contribution < 1.29 is 24.2 Å². The van der Waals surface area contributed by atoms with E-state index in [0.717, 1.165) is 0 Å². The number of carbonyl (C=O) groups excluding carboxylic acids is 1. The fourth-order valence-electron chi connectivity index (χ4n) is 1.18. The summed E-state index contributed by atoms with van der Waals surface area (Å²) in [5, 5.41) is 8.70. The van der Waals surface area contributed by atoms with E-state index in [9.17, 15) is 9.59 Å². The summed E-state index contributed by atoms with van der Waals surface area (Å²) in [7, 11) is 1.39. The van der Waals surface area contributed by atoms with Gasteiger partial charge in [0.2, 0.25) is 0 Å². The predicted molar refractivity (Wildman–Crippen MR) is 56.1 cm³/mol. The highest BCUT2D eigenvalue weighted by Gasteiger charge is 2.16. The Bertz CT molecular complexity index is 399. The highest BCUT2D eigenvalue weighted by molar-refractivity contribution is 5.81. The van der Waals surface area contributed by atoms with E-state index in [1.54, 1.807) is 18.2 Å². The number of rotatable bonds is 5. The first kappa shape index (κ1) is 12.0. The number of ether oxygens (including phenoxy) is 2. The molecule has 1 aromatic rings. The van der Waals surface area contributed by atoms with Crippen molar-refractivity contribution in [1.29, 1.82) is 0 Å². The molecule has 0 saturated carbocycles. The van der Waals surface area contributed by atoms with Crippen LogP contribution < -0.4 is 9.47 Å². The molecular weight excluding hydrogens is 212 g/mol. The maximum atomic E-state index is 10.7. The predicted octanol–water partition coefficient (Wildman–Crippen LogP) is 1.36. The van der Waals surface area contributed by atoms with Gasteiger partial charge in [-0.2, -0.15) is 0 Å². The largest absolute Gasteiger partial charge is 0.492 e. The molecule has 0 fully saturated rings. The van der Waals surface area contributed by atoms with Gasteiger partial charge >= 0.3 is 5.97 Å². The molecule has 0 spiro atoms. The number of aldehydes is 1. The molecule has 1 aromatic carbocycles. The van der Waals surface area contributed by atoms with Crippen LogP contribution in [0.25, 0.3) is 0 Å². The minimum absolute atomic E-state index is 0.238. The minimum atomic E-state index is -1.08. The van der Waals surface area contributed by atoms with Crippen LogP contribution in [-0.4, -0.2) is 30.6 Å². The van der Waals surface area contributed by atoms with Crippen molar-refractivity contribution in [2.45, 2.75) is 13.0 Å². The third-order valence-corrected chi connectivity index (χ3v) is 1.99. The molecule has 0 unspecified atom stereocenters. The molecule has 5 heteroatoms. The van der Waals surface area contributed by atoms with Crippen LogP contribution in [0.15, 0.2) is 18.2 Å². The van der Waals surface area contributed by atoms with Crippen molar-refractivity contribution >= 4 is 12.3 Å². The standard InChI is InChI=1S/C11H12O5/c1-7(11(13)14)16-9-5-3-4-8(6-12)10(9)15-2/h3-7H,1-2H3,(H,13,14)/t7-/m1/s1. The van der Waals surface area contributed by atoms with Crippen molar-refractivity contribution in [2.24, 2.45) is 0 Å². The lowest BCUT2D eigenvalue weighted by molar-refractivity contribution is -0.144. The van der Waals surface area contributed by atoms with Crippen molar-refractivity contribution in [3.05, 3.63) is 23.8 Å². The second-order valence-corrected chi connectivity index (χ2v) is 3.09. The molecule has 0 aliphatic heterocycles. The Labute approximate surface area is 92.6 Å². The second kappa shape index (κ2) is 5.16. The zero-order chi connectivity index (χ0) is 12.1. The Morgan fingerprint density at radius 3 is 2.69 bits per heavy atom. The first-order valence-corrected chi connectivity index (χ1v) is 4.61. The lowest BCUT2D eigenvalue weighted by Crippen LogP contribution is -2.23. The summed E-state index contributed by atoms with van der Waals surface area (Å²) in [6.45, 7) is 1.40. The van der Waals surface area contributed by atoms with Crippen LogP contribution in [0, 0.1) is 0 Å². The molecule has 0 saturated heterocycles. The van der Waals surface area contributed by atoms with E-state index in [1.165, 1.54) is 14.0 Å². The fourth-order valence-corrected chi connectivity index (χ4v) is 1.18. The summed E-state index contributed by atoms with van der Waals surface area (Å²) in [5.41, 5.74) is 0.317. The molecule has 1 N–H and O–H groups in total. The van der Waals surface area contributed by atoms with Gasteiger partial charge in [0.05, 0.1) is 12.7 Å². The Kier molecular flexibility index (Phi) is 3.88. The van der Waals surface area contributed by atoms with Crippen LogP contribution in [0.1, 0.15) is 17.3 Å². The van der Waals surface area contributed by atoms with Crippen LogP contribution in [0.2, 0.25) is 0 Å². The molecule has 0 aliphatic carbocycles. The Hall–Kier alpha value is -2.04. The van der Waals surface area contributed by atoms with Gasteiger partial charge in [-0.1, -0.05) is 6.07 Å². The van der Waals surface area contributed by atoms with E-state index < -0.39 is 12.1 Å². The number of carboxylic acids is 1. The van der Waals surface area contributed by atoms with Crippen molar-refractivity contribution in [3.8, 4) is 11.5 Å². The molecular formula is C11H12O5. The molecule has 86 valence electrons. The molecule has 0 bridgehead atoms. The smallest absolute Gasteiger partial charge is 0.344 e. The first-order valence-electron chi connectivity index (χ1n) is 4.61. The van der Waals surface area contributed by atoms with Gasteiger partial charge in [-0.3, -0.25) is 4.79 Å². The number of aliphatic carboxylic acids is 1. The zero-order valence-corrected chi connectivity index (χ0v) is 8.97. The van der Waals surface area contributed by atoms with E-state index in [0.29, 0.717) is 11.8 Å². The quantitative estimate of drug-likeness (QED) is 0.764. The first-order chi connectivity index (χ1) is 7.60. The Morgan fingerprint density at radius 2 is 2.19 bits per heavy atom. The summed E-state index contributed by atoms with van der Waals surface area (Å²) in [6, 6.07) is 4.70. The normalized spacial score (nSPS) is 11.6. The average molecular weight is 224 g/mol. The SMILES string of the molecule is COc1c(C=O)cccc1O[C@H](C)C(=O)O. The molecule has 1 atom stereocenters. The number of hydrogen-bond acceptors (Lipinski definition) is 4. The number of methoxy groups -OCH3 is 1. The summed E-state index contributed by atoms with van der Waals surface area (Å²) in [6.07, 6.45) is -0.382. The van der Waals surface area contributed by atoms with Crippen molar-refractivity contribution in [2.75, 3.05) is 7.11 Å². The van der Waals surface area contributed by atoms with E-state index in [4.69, 9.17) is 14.6 Å². The summed E-state index contributed by atoms with van der Waals surface area (Å²) >= 11 is 0. The number of benzene rings is 1. The molecule has 0 radical (unpaired) electrons. The number of para-hydroxylation sites is 1. The molecule has 1 rings (SSSR count). The highest BCUT2D eigenvalue weighted by Crippen LogP contribution is 2.30. The molecule has 0 heterocycles. The van der Waals surface area contributed by atoms with E-state index in [-0.39, 0.29) is 11.5 Å². The van der Waals surface area contributed by atoms with Crippen molar-refractivity contribution in [3.63, 3.8) is 0 Å². The number of carboxylic acid groups (broad SMARTS) is 1. The van der Waals surface area contributed by atoms with Crippen molar-refractivity contribution in [1.82, 2.24) is 0 Å². The van der Waals surface area contributed by atoms with Gasteiger partial charge in [0.1, 0.15) is 0 Å². The third-order valence-electron chi connectivity index (χ3n) is 1.99. The van der Waals surface area contributed by atoms with Gasteiger partial charge in [-0.05, 0) is 19.1 Å². The monoisotopic (exact) mass is 224 g/mol. The van der Waals surface area contributed by atoms with Crippen LogP contribution >= 0.6 is 0 Å². The molecule has 0 aromatic heterocycles. The van der Waals surface area contributed by atoms with E-state index in [2.05, 4.69) is 0 Å². The molecule has 5 nitrogen and oxygen atoms in total. The molecule has 16 heavy (non-hydrogen) atoms. The van der Waals surface area contributed by atoms with Gasteiger partial charge in [0.25, 0.3) is 0 Å². The van der Waals surface area contributed by atoms with Gasteiger partial charge in [0.15, 0.2) is 23.9 Å². The van der Waals surface area contributed by atoms with Gasteiger partial charge in [0, 0.05) is 0 Å². The maximum Gasteiger partial charge on any atom is 0.344 e. The average Bonchev–Trinajstić information content (AvgIpc) is 2.28. The molecule has 0 amide bonds. The Morgan fingerprint density at radius 1 is 1.50 bits per heavy atom. The van der Waals surface area contributed by atoms with Crippen LogP contribution in [-0.2, 0) is 4.79 Å². The van der Waals surface area contributed by atoms with Gasteiger partial charge < -0.3 is 14.6 Å². The van der Waals surface area contributed by atoms with Gasteiger partial charge in [-0.25, -0.2) is 4.79 Å². The minimum Gasteiger partial charge on any atom is -0.492 e. The number of hydrogen-bond donors (Lipinski definition) is 1. The second-order valence-electron chi connectivity index (χ2n) is 3.09. The van der Waals surface area contributed by atoms with E-state index >= 15 is 0 Å². The maximum absolute atomic E-state index is 10.7. The van der Waals surface area contributed by atoms with Crippen LogP contribution in [0.5, 0.6) is 11.5 Å². The molecule has 0 aliphatic rings. The lowest BCUT2D eigenvalue weighted by atomic mass is 10.2. The van der Waals surface area contributed by atoms with E-state index in [1.807, 2.05) is 0 Å². The van der Waals surface area contributed by atoms with Crippen LogP contribution in [0.3, 0.4) is 0 Å². The Balaban J connectivity index is 3.03. The summed E-state index contributed by atoms with van der Waals surface area (Å²) in [5.74, 6) is -0.605.